The molecule has 1 amide bonds. The number of rotatable bonds is 7. The van der Waals surface area contributed by atoms with Crippen molar-refractivity contribution in [1.82, 2.24) is 20.1 Å². The van der Waals surface area contributed by atoms with E-state index in [1.54, 1.807) is 25.0 Å². The lowest BCUT2D eigenvalue weighted by Gasteiger charge is -2.12. The van der Waals surface area contributed by atoms with E-state index in [1.165, 1.54) is 11.3 Å². The Morgan fingerprint density at radius 3 is 2.63 bits per heavy atom. The third-order valence-electron chi connectivity index (χ3n) is 4.22. The van der Waals surface area contributed by atoms with Crippen LogP contribution in [-0.4, -0.2) is 34.8 Å². The Bertz CT molecular complexity index is 917. The van der Waals surface area contributed by atoms with Crippen LogP contribution in [0.2, 0.25) is 0 Å². The van der Waals surface area contributed by atoms with Gasteiger partial charge in [0.2, 0.25) is 5.91 Å². The molecule has 142 valence electrons. The second-order valence-electron chi connectivity index (χ2n) is 6.03. The van der Waals surface area contributed by atoms with Gasteiger partial charge in [-0.1, -0.05) is 6.92 Å². The molecule has 2 N–H and O–H groups in total. The van der Waals surface area contributed by atoms with Crippen molar-refractivity contribution >= 4 is 22.4 Å². The maximum atomic E-state index is 12.7. The SMILES string of the molecule is CCc1sc(NC(=O)C(NC)c2cnn(C)c2)nc1-c1ccc(OC)cc1. The molecular weight excluding hydrogens is 362 g/mol. The molecule has 0 aliphatic heterocycles. The van der Waals surface area contributed by atoms with Crippen LogP contribution in [-0.2, 0) is 18.3 Å². The third kappa shape index (κ3) is 4.17. The summed E-state index contributed by atoms with van der Waals surface area (Å²) in [7, 11) is 5.21. The minimum absolute atomic E-state index is 0.164. The summed E-state index contributed by atoms with van der Waals surface area (Å²) >= 11 is 1.50. The van der Waals surface area contributed by atoms with Crippen LogP contribution in [0.3, 0.4) is 0 Å². The highest BCUT2D eigenvalue weighted by molar-refractivity contribution is 7.16. The van der Waals surface area contributed by atoms with Crippen LogP contribution >= 0.6 is 11.3 Å². The molecule has 2 heterocycles. The zero-order valence-electron chi connectivity index (χ0n) is 15.8. The zero-order valence-corrected chi connectivity index (χ0v) is 16.6. The highest BCUT2D eigenvalue weighted by Crippen LogP contribution is 2.32. The fraction of sp³-hybridized carbons (Fsp3) is 0.316. The predicted molar refractivity (Wildman–Crippen MR) is 107 cm³/mol. The van der Waals surface area contributed by atoms with Gasteiger partial charge in [0.1, 0.15) is 11.8 Å². The van der Waals surface area contributed by atoms with Crippen molar-refractivity contribution in [1.29, 1.82) is 0 Å². The maximum Gasteiger partial charge on any atom is 0.247 e. The first-order chi connectivity index (χ1) is 13.0. The van der Waals surface area contributed by atoms with E-state index in [1.807, 2.05) is 37.5 Å². The quantitative estimate of drug-likeness (QED) is 0.653. The largest absolute Gasteiger partial charge is 0.497 e. The van der Waals surface area contributed by atoms with E-state index >= 15 is 0 Å². The normalized spacial score (nSPS) is 12.0. The molecule has 27 heavy (non-hydrogen) atoms. The Labute approximate surface area is 162 Å². The first-order valence-electron chi connectivity index (χ1n) is 8.66. The predicted octanol–water partition coefficient (Wildman–Crippen LogP) is 3.01. The first kappa shape index (κ1) is 19.1. The molecule has 7 nitrogen and oxygen atoms in total. The molecule has 1 unspecified atom stereocenters. The summed E-state index contributed by atoms with van der Waals surface area (Å²) in [6.45, 7) is 2.08. The number of carbonyl (C=O) groups is 1. The monoisotopic (exact) mass is 385 g/mol. The number of aromatic nitrogens is 3. The van der Waals surface area contributed by atoms with Crippen LogP contribution in [0.4, 0.5) is 5.13 Å². The van der Waals surface area contributed by atoms with E-state index in [4.69, 9.17) is 4.74 Å². The molecule has 0 aliphatic rings. The molecule has 0 bridgehead atoms. The average Bonchev–Trinajstić information content (AvgIpc) is 3.28. The number of amides is 1. The Kier molecular flexibility index (Phi) is 5.88. The van der Waals surface area contributed by atoms with Gasteiger partial charge < -0.3 is 15.4 Å². The molecule has 1 aromatic carbocycles. The fourth-order valence-electron chi connectivity index (χ4n) is 2.84. The molecule has 0 saturated carbocycles. The summed E-state index contributed by atoms with van der Waals surface area (Å²) in [6.07, 6.45) is 4.35. The lowest BCUT2D eigenvalue weighted by atomic mass is 10.1. The summed E-state index contributed by atoms with van der Waals surface area (Å²) in [5.74, 6) is 0.636. The van der Waals surface area contributed by atoms with Crippen LogP contribution in [0.5, 0.6) is 5.75 Å². The zero-order chi connectivity index (χ0) is 19.4. The molecule has 2 aromatic heterocycles. The van der Waals surface area contributed by atoms with Gasteiger partial charge in [-0.2, -0.15) is 5.10 Å². The molecular formula is C19H23N5O2S. The van der Waals surface area contributed by atoms with E-state index in [9.17, 15) is 4.79 Å². The molecule has 0 aliphatic carbocycles. The van der Waals surface area contributed by atoms with Crippen molar-refractivity contribution in [3.05, 3.63) is 47.1 Å². The Balaban J connectivity index is 1.82. The van der Waals surface area contributed by atoms with Crippen molar-refractivity contribution in [2.75, 3.05) is 19.5 Å². The fourth-order valence-corrected chi connectivity index (χ4v) is 3.76. The number of thiazole rings is 1. The number of benzene rings is 1. The van der Waals surface area contributed by atoms with E-state index in [2.05, 4.69) is 27.6 Å². The minimum atomic E-state index is -0.489. The highest BCUT2D eigenvalue weighted by atomic mass is 32.1. The number of methoxy groups -OCH3 is 1. The van der Waals surface area contributed by atoms with Gasteiger partial charge in [0.15, 0.2) is 5.13 Å². The number of aryl methyl sites for hydroxylation is 2. The molecule has 0 saturated heterocycles. The Morgan fingerprint density at radius 2 is 2.07 bits per heavy atom. The summed E-state index contributed by atoms with van der Waals surface area (Å²) in [4.78, 5) is 18.5. The number of hydrogen-bond acceptors (Lipinski definition) is 6. The summed E-state index contributed by atoms with van der Waals surface area (Å²) in [5.41, 5.74) is 2.70. The third-order valence-corrected chi connectivity index (χ3v) is 5.34. The average molecular weight is 385 g/mol. The lowest BCUT2D eigenvalue weighted by Crippen LogP contribution is -2.30. The van der Waals surface area contributed by atoms with Gasteiger partial charge >= 0.3 is 0 Å². The van der Waals surface area contributed by atoms with E-state index < -0.39 is 6.04 Å². The molecule has 3 rings (SSSR count). The second kappa shape index (κ2) is 8.32. The van der Waals surface area contributed by atoms with Crippen molar-refractivity contribution in [3.8, 4) is 17.0 Å². The summed E-state index contributed by atoms with van der Waals surface area (Å²) in [6, 6.07) is 7.28. The number of hydrogen-bond donors (Lipinski definition) is 2. The number of ether oxygens (including phenoxy) is 1. The summed E-state index contributed by atoms with van der Waals surface area (Å²) < 4.78 is 6.89. The number of nitrogens with one attached hydrogen (secondary N) is 2. The molecule has 0 radical (unpaired) electrons. The van der Waals surface area contributed by atoms with Crippen LogP contribution < -0.4 is 15.4 Å². The molecule has 3 aromatic rings. The standard InChI is InChI=1S/C19H23N5O2S/c1-5-15-16(12-6-8-14(26-4)9-7-12)22-19(27-15)23-18(25)17(20-2)13-10-21-24(3)11-13/h6-11,17,20H,5H2,1-4H3,(H,22,23,25). The summed E-state index contributed by atoms with van der Waals surface area (Å²) in [5, 5.41) is 10.7. The van der Waals surface area contributed by atoms with Gasteiger partial charge in [-0.15, -0.1) is 11.3 Å². The smallest absolute Gasteiger partial charge is 0.247 e. The minimum Gasteiger partial charge on any atom is -0.497 e. The second-order valence-corrected chi connectivity index (χ2v) is 7.11. The van der Waals surface area contributed by atoms with E-state index in [0.717, 1.165) is 33.9 Å². The molecule has 0 fully saturated rings. The lowest BCUT2D eigenvalue weighted by molar-refractivity contribution is -0.118. The van der Waals surface area contributed by atoms with E-state index in [-0.39, 0.29) is 5.91 Å². The van der Waals surface area contributed by atoms with Gasteiger partial charge in [-0.05, 0) is 37.7 Å². The van der Waals surface area contributed by atoms with E-state index in [0.29, 0.717) is 5.13 Å². The molecule has 1 atom stereocenters. The van der Waals surface area contributed by atoms with Gasteiger partial charge in [-0.3, -0.25) is 9.48 Å². The van der Waals surface area contributed by atoms with Crippen LogP contribution in [0.1, 0.15) is 23.4 Å². The van der Waals surface area contributed by atoms with Crippen molar-refractivity contribution in [3.63, 3.8) is 0 Å². The Hall–Kier alpha value is -2.71. The van der Waals surface area contributed by atoms with Crippen LogP contribution in [0.25, 0.3) is 11.3 Å². The number of likely N-dealkylation sites (N-methyl/N-ethyl adjacent to an activating group) is 1. The van der Waals surface area contributed by atoms with Gasteiger partial charge in [-0.25, -0.2) is 4.98 Å². The highest BCUT2D eigenvalue weighted by Gasteiger charge is 2.22. The number of nitrogens with zero attached hydrogens (tertiary/aromatic N) is 3. The number of anilines is 1. The molecule has 8 heteroatoms. The van der Waals surface area contributed by atoms with Gasteiger partial charge in [0, 0.05) is 29.2 Å². The first-order valence-corrected chi connectivity index (χ1v) is 9.48. The topological polar surface area (TPSA) is 81.1 Å². The van der Waals surface area contributed by atoms with Crippen molar-refractivity contribution in [2.45, 2.75) is 19.4 Å². The van der Waals surface area contributed by atoms with Crippen molar-refractivity contribution in [2.24, 2.45) is 7.05 Å². The number of carbonyl (C=O) groups excluding carboxylic acids is 1. The molecule has 0 spiro atoms. The van der Waals surface area contributed by atoms with Gasteiger partial charge in [0.05, 0.1) is 19.0 Å². The Morgan fingerprint density at radius 1 is 1.33 bits per heavy atom. The van der Waals surface area contributed by atoms with Crippen LogP contribution in [0, 0.1) is 0 Å². The van der Waals surface area contributed by atoms with Crippen LogP contribution in [0.15, 0.2) is 36.7 Å². The maximum absolute atomic E-state index is 12.7. The van der Waals surface area contributed by atoms with Crippen molar-refractivity contribution < 1.29 is 9.53 Å². The van der Waals surface area contributed by atoms with Gasteiger partial charge in [0.25, 0.3) is 0 Å².